The smallest absolute Gasteiger partial charge is 0.00140 e. The molecule has 0 aromatic heterocycles. The van der Waals surface area contributed by atoms with Crippen molar-refractivity contribution >= 4 is 0 Å². The lowest BCUT2D eigenvalue weighted by Gasteiger charge is -2.04. The summed E-state index contributed by atoms with van der Waals surface area (Å²) in [4.78, 5) is 0. The fourth-order valence-corrected chi connectivity index (χ4v) is 1.29. The Morgan fingerprint density at radius 3 is 3.11 bits per heavy atom. The molecule has 1 saturated heterocycles. The van der Waals surface area contributed by atoms with Gasteiger partial charge in [-0.3, -0.25) is 0 Å². The molecule has 1 radical (unpaired) electrons. The van der Waals surface area contributed by atoms with Crippen molar-refractivity contribution in [3.8, 4) is 0 Å². The summed E-state index contributed by atoms with van der Waals surface area (Å²) in [7, 11) is 0. The Balaban J connectivity index is 1.98. The van der Waals surface area contributed by atoms with E-state index in [-0.39, 0.29) is 0 Å². The second kappa shape index (κ2) is 3.89. The molecule has 1 fully saturated rings. The molecule has 1 aliphatic heterocycles. The van der Waals surface area contributed by atoms with Gasteiger partial charge in [0.05, 0.1) is 0 Å². The summed E-state index contributed by atoms with van der Waals surface area (Å²) >= 11 is 0. The largest absolute Gasteiger partial charge is 0.316 e. The summed E-state index contributed by atoms with van der Waals surface area (Å²) in [5.74, 6) is 0.880. The van der Waals surface area contributed by atoms with Crippen LogP contribution in [0.2, 0.25) is 0 Å². The number of unbranched alkanes of at least 4 members (excludes halogenated alkanes) is 1. The first-order valence-corrected chi connectivity index (χ1v) is 3.97. The molecular weight excluding hydrogens is 110 g/mol. The molecule has 0 amide bonds. The van der Waals surface area contributed by atoms with Gasteiger partial charge in [-0.25, -0.2) is 0 Å². The van der Waals surface area contributed by atoms with Crippen LogP contribution >= 0.6 is 0 Å². The van der Waals surface area contributed by atoms with Crippen LogP contribution in [0, 0.1) is 12.3 Å². The maximum absolute atomic E-state index is 3.33. The molecule has 1 N–H and O–H groups in total. The van der Waals surface area contributed by atoms with Crippen LogP contribution in [0.1, 0.15) is 26.2 Å². The predicted molar refractivity (Wildman–Crippen MR) is 40.2 cm³/mol. The second-order valence-corrected chi connectivity index (χ2v) is 2.80. The number of rotatable bonds is 3. The van der Waals surface area contributed by atoms with Crippen LogP contribution in [0.4, 0.5) is 0 Å². The zero-order chi connectivity index (χ0) is 6.53. The molecule has 1 atom stereocenters. The number of hydrogen-bond acceptors (Lipinski definition) is 1. The van der Waals surface area contributed by atoms with Gasteiger partial charge in [0, 0.05) is 0 Å². The van der Waals surface area contributed by atoms with Crippen LogP contribution in [0.25, 0.3) is 0 Å². The molecular formula is C8H16N. The Kier molecular flexibility index (Phi) is 3.05. The molecule has 0 saturated carbocycles. The maximum Gasteiger partial charge on any atom is -0.00140 e. The molecule has 53 valence electrons. The van der Waals surface area contributed by atoms with Gasteiger partial charge in [-0.15, -0.1) is 0 Å². The normalized spacial score (nSPS) is 27.0. The first-order valence-electron chi connectivity index (χ1n) is 3.97. The SMILES string of the molecule is CCCCC1[CH]CNC1. The molecule has 0 spiro atoms. The van der Waals surface area contributed by atoms with E-state index in [0.717, 1.165) is 12.5 Å². The third-order valence-electron chi connectivity index (χ3n) is 1.93. The lowest BCUT2D eigenvalue weighted by Crippen LogP contribution is -2.08. The molecule has 1 aliphatic rings. The highest BCUT2D eigenvalue weighted by Gasteiger charge is 2.12. The van der Waals surface area contributed by atoms with Crippen LogP contribution in [0.15, 0.2) is 0 Å². The molecule has 0 aromatic rings. The van der Waals surface area contributed by atoms with E-state index in [1.165, 1.54) is 25.8 Å². The fraction of sp³-hybridized carbons (Fsp3) is 0.875. The van der Waals surface area contributed by atoms with Gasteiger partial charge in [-0.05, 0) is 31.8 Å². The van der Waals surface area contributed by atoms with Crippen molar-refractivity contribution in [3.05, 3.63) is 6.42 Å². The van der Waals surface area contributed by atoms with E-state index in [1.807, 2.05) is 0 Å². The summed E-state index contributed by atoms with van der Waals surface area (Å²) in [6.07, 6.45) is 6.52. The highest BCUT2D eigenvalue weighted by atomic mass is 14.9. The number of hydrogen-bond donors (Lipinski definition) is 1. The molecule has 0 bridgehead atoms. The molecule has 1 heteroatoms. The topological polar surface area (TPSA) is 12.0 Å². The van der Waals surface area contributed by atoms with E-state index in [1.54, 1.807) is 0 Å². The first-order chi connectivity index (χ1) is 4.43. The third kappa shape index (κ3) is 2.35. The van der Waals surface area contributed by atoms with Gasteiger partial charge in [-0.1, -0.05) is 19.8 Å². The van der Waals surface area contributed by atoms with Gasteiger partial charge in [-0.2, -0.15) is 0 Å². The summed E-state index contributed by atoms with van der Waals surface area (Å²) in [5.41, 5.74) is 0. The summed E-state index contributed by atoms with van der Waals surface area (Å²) in [6, 6.07) is 0. The fourth-order valence-electron chi connectivity index (χ4n) is 1.29. The average Bonchev–Trinajstić information content (AvgIpc) is 2.34. The van der Waals surface area contributed by atoms with Crippen molar-refractivity contribution in [2.24, 2.45) is 5.92 Å². The molecule has 1 heterocycles. The Morgan fingerprint density at radius 2 is 2.56 bits per heavy atom. The standard InChI is InChI=1S/C8H16N/c1-2-3-4-8-5-6-9-7-8/h5,8-9H,2-4,6-7H2,1H3. The molecule has 0 aromatic carbocycles. The summed E-state index contributed by atoms with van der Waals surface area (Å²) in [5, 5.41) is 3.33. The Labute approximate surface area is 57.8 Å². The highest BCUT2D eigenvalue weighted by molar-refractivity contribution is 4.86. The highest BCUT2D eigenvalue weighted by Crippen LogP contribution is 2.13. The van der Waals surface area contributed by atoms with Gasteiger partial charge in [0.15, 0.2) is 0 Å². The van der Waals surface area contributed by atoms with Gasteiger partial charge in [0.1, 0.15) is 0 Å². The lowest BCUT2D eigenvalue weighted by molar-refractivity contribution is 0.557. The van der Waals surface area contributed by atoms with Crippen LogP contribution in [-0.4, -0.2) is 13.1 Å². The molecule has 1 rings (SSSR count). The minimum atomic E-state index is 0.880. The minimum Gasteiger partial charge on any atom is -0.316 e. The van der Waals surface area contributed by atoms with Crippen LogP contribution in [0.3, 0.4) is 0 Å². The molecule has 1 nitrogen and oxygen atoms in total. The summed E-state index contributed by atoms with van der Waals surface area (Å²) < 4.78 is 0. The average molecular weight is 126 g/mol. The van der Waals surface area contributed by atoms with Crippen molar-refractivity contribution in [1.29, 1.82) is 0 Å². The number of nitrogens with one attached hydrogen (secondary N) is 1. The van der Waals surface area contributed by atoms with E-state index >= 15 is 0 Å². The van der Waals surface area contributed by atoms with Crippen molar-refractivity contribution in [3.63, 3.8) is 0 Å². The van der Waals surface area contributed by atoms with Gasteiger partial charge in [0.2, 0.25) is 0 Å². The van der Waals surface area contributed by atoms with Crippen molar-refractivity contribution in [2.45, 2.75) is 26.2 Å². The summed E-state index contributed by atoms with van der Waals surface area (Å²) in [6.45, 7) is 4.61. The van der Waals surface area contributed by atoms with E-state index in [4.69, 9.17) is 0 Å². The predicted octanol–water partition coefficient (Wildman–Crippen LogP) is 1.60. The Bertz CT molecular complexity index is 65.0. The molecule has 1 unspecified atom stereocenters. The molecule has 0 aliphatic carbocycles. The van der Waals surface area contributed by atoms with E-state index in [2.05, 4.69) is 18.7 Å². The van der Waals surface area contributed by atoms with E-state index in [9.17, 15) is 0 Å². The van der Waals surface area contributed by atoms with Gasteiger partial charge >= 0.3 is 0 Å². The lowest BCUT2D eigenvalue weighted by atomic mass is 10.0. The van der Waals surface area contributed by atoms with Crippen molar-refractivity contribution in [1.82, 2.24) is 5.32 Å². The minimum absolute atomic E-state index is 0.880. The van der Waals surface area contributed by atoms with Gasteiger partial charge in [0.25, 0.3) is 0 Å². The van der Waals surface area contributed by atoms with Crippen LogP contribution in [0.5, 0.6) is 0 Å². The zero-order valence-electron chi connectivity index (χ0n) is 6.19. The van der Waals surface area contributed by atoms with Crippen LogP contribution < -0.4 is 5.32 Å². The second-order valence-electron chi connectivity index (χ2n) is 2.80. The maximum atomic E-state index is 3.33. The zero-order valence-corrected chi connectivity index (χ0v) is 6.19. The van der Waals surface area contributed by atoms with E-state index in [0.29, 0.717) is 0 Å². The van der Waals surface area contributed by atoms with Crippen molar-refractivity contribution < 1.29 is 0 Å². The van der Waals surface area contributed by atoms with Crippen molar-refractivity contribution in [2.75, 3.05) is 13.1 Å². The van der Waals surface area contributed by atoms with E-state index < -0.39 is 0 Å². The monoisotopic (exact) mass is 126 g/mol. The van der Waals surface area contributed by atoms with Gasteiger partial charge < -0.3 is 5.32 Å². The van der Waals surface area contributed by atoms with Crippen LogP contribution in [-0.2, 0) is 0 Å². The Morgan fingerprint density at radius 1 is 1.67 bits per heavy atom. The first kappa shape index (κ1) is 7.07. The third-order valence-corrected chi connectivity index (χ3v) is 1.93. The quantitative estimate of drug-likeness (QED) is 0.605. The Hall–Kier alpha value is -0.0400. The molecule has 9 heavy (non-hydrogen) atoms.